The van der Waals surface area contributed by atoms with Gasteiger partial charge in [-0.05, 0) is 121 Å². The Morgan fingerprint density at radius 3 is 1.99 bits per heavy atom. The van der Waals surface area contributed by atoms with Gasteiger partial charge in [0.25, 0.3) is 0 Å². The van der Waals surface area contributed by atoms with Gasteiger partial charge in [-0.15, -0.1) is 0 Å². The quantitative estimate of drug-likeness (QED) is 0.0516. The van der Waals surface area contributed by atoms with Crippen LogP contribution in [0.25, 0.3) is 11.1 Å². The number of benzene rings is 3. The highest BCUT2D eigenvalue weighted by atomic mass is 16.6. The van der Waals surface area contributed by atoms with Crippen molar-refractivity contribution >= 4 is 41.5 Å². The number of Topliss-reactive ketones (excluding diaryl/α,β-unsaturated/α-hetero) is 2. The number of unbranched alkanes of at least 4 members (excludes halogenated alkanes) is 5. The summed E-state index contributed by atoms with van der Waals surface area (Å²) < 4.78 is 23.4. The van der Waals surface area contributed by atoms with E-state index in [1.165, 1.54) is 44.6 Å². The lowest BCUT2D eigenvalue weighted by Crippen LogP contribution is -2.46. The summed E-state index contributed by atoms with van der Waals surface area (Å²) in [6, 6.07) is 13.3. The second kappa shape index (κ2) is 28.3. The molecule has 1 aliphatic heterocycles. The first-order chi connectivity index (χ1) is 34.9. The number of carbonyl (C=O) groups is 7. The van der Waals surface area contributed by atoms with Crippen LogP contribution in [0.1, 0.15) is 165 Å². The summed E-state index contributed by atoms with van der Waals surface area (Å²) in [6.07, 6.45) is 6.53. The number of fused-ring (bicyclic) bond motifs is 5. The van der Waals surface area contributed by atoms with Crippen LogP contribution in [-0.4, -0.2) is 102 Å². The molecule has 3 aromatic rings. The van der Waals surface area contributed by atoms with Crippen LogP contribution < -0.4 is 25.4 Å². The van der Waals surface area contributed by atoms with E-state index in [9.17, 15) is 33.9 Å². The van der Waals surface area contributed by atoms with Gasteiger partial charge in [0, 0.05) is 61.4 Å². The molecule has 4 amide bonds. The molecule has 1 aliphatic rings. The zero-order valence-corrected chi connectivity index (χ0v) is 45.7. The van der Waals surface area contributed by atoms with E-state index in [2.05, 4.69) is 22.9 Å². The Bertz CT molecular complexity index is 2420. The van der Waals surface area contributed by atoms with Gasteiger partial charge >= 0.3 is 18.2 Å². The molecule has 0 saturated carbocycles. The summed E-state index contributed by atoms with van der Waals surface area (Å²) in [6.45, 7) is 18.4. The number of aliphatic carboxylic acids is 1. The predicted molar refractivity (Wildman–Crippen MR) is 285 cm³/mol. The van der Waals surface area contributed by atoms with E-state index in [4.69, 9.17) is 18.9 Å². The molecule has 0 aromatic heterocycles. The molecule has 0 saturated heterocycles. The molecule has 4 N–H and O–H groups in total. The first-order valence-electron chi connectivity index (χ1n) is 26.3. The summed E-state index contributed by atoms with van der Waals surface area (Å²) in [4.78, 5) is 97.4. The fraction of sp³-hybridized carbons (Fsp3) is 0.569. The molecule has 0 unspecified atom stereocenters. The molecule has 16 nitrogen and oxygen atoms in total. The molecule has 4 atom stereocenters. The molecule has 16 heteroatoms. The zero-order chi connectivity index (χ0) is 54.8. The Kier molecular flexibility index (Phi) is 23.0. The van der Waals surface area contributed by atoms with Gasteiger partial charge in [0.2, 0.25) is 11.8 Å². The average molecular weight is 1030 g/mol. The summed E-state index contributed by atoms with van der Waals surface area (Å²) in [5.41, 5.74) is 2.72. The van der Waals surface area contributed by atoms with Crippen LogP contribution in [0.15, 0.2) is 54.6 Å². The van der Waals surface area contributed by atoms with Crippen LogP contribution in [-0.2, 0) is 41.5 Å². The molecule has 0 fully saturated rings. The van der Waals surface area contributed by atoms with Crippen molar-refractivity contribution in [3.63, 3.8) is 0 Å². The predicted octanol–water partition coefficient (Wildman–Crippen LogP) is 10.3. The van der Waals surface area contributed by atoms with Crippen molar-refractivity contribution in [1.29, 1.82) is 0 Å². The molecule has 4 bridgehead atoms. The summed E-state index contributed by atoms with van der Waals surface area (Å²) >= 11 is 0. The van der Waals surface area contributed by atoms with Crippen LogP contribution in [0.4, 0.5) is 9.59 Å². The lowest BCUT2D eigenvalue weighted by Gasteiger charge is -2.32. The highest BCUT2D eigenvalue weighted by Crippen LogP contribution is 2.41. The van der Waals surface area contributed by atoms with Crippen LogP contribution >= 0.6 is 0 Å². The van der Waals surface area contributed by atoms with Crippen molar-refractivity contribution in [3.8, 4) is 22.6 Å². The minimum absolute atomic E-state index is 0.00618. The summed E-state index contributed by atoms with van der Waals surface area (Å²) in [5.74, 6) is -4.58. The standard InChI is InChI=1S/C58H82N4O12/c1-12-14-15-16-17-18-19-39-20-23-43(37(3)31-39)47(63)36-42(26-27-59-55(69)73-57(5,6)7)53(66)62(11)51-41-22-25-50(71-29-13-2)45(35-41)44-33-40(34-46(54(67)68)61-52(65)38(4)32-48(51)64)21-24-49(44)72-30-28-60-56(70)74-58(8,9)10/h20-25,31,33,35,38,42,46,51H,12-19,26-30,32,34,36H2,1-11H3,(H,59,69)(H,60,70)(H,61,65)(H,67,68)/t38-,42-,46+,51+/m1/s1. The lowest BCUT2D eigenvalue weighted by molar-refractivity contribution is -0.144. The molecule has 3 aromatic carbocycles. The third kappa shape index (κ3) is 19.1. The van der Waals surface area contributed by atoms with Gasteiger partial charge in [-0.1, -0.05) is 83.2 Å². The summed E-state index contributed by atoms with van der Waals surface area (Å²) in [7, 11) is 1.48. The van der Waals surface area contributed by atoms with E-state index >= 15 is 4.79 Å². The maximum absolute atomic E-state index is 15.2. The number of carbonyl (C=O) groups excluding carboxylic acids is 6. The molecular weight excluding hydrogens is 945 g/mol. The van der Waals surface area contributed by atoms with Gasteiger partial charge in [-0.2, -0.15) is 0 Å². The second-order valence-corrected chi connectivity index (χ2v) is 21.4. The van der Waals surface area contributed by atoms with E-state index in [0.29, 0.717) is 52.3 Å². The minimum Gasteiger partial charge on any atom is -0.493 e. The number of carboxylic acid groups (broad SMARTS) is 1. The van der Waals surface area contributed by atoms with E-state index in [1.54, 1.807) is 77.9 Å². The van der Waals surface area contributed by atoms with Gasteiger partial charge in [0.05, 0.1) is 13.2 Å². The number of ether oxygens (including phenoxy) is 4. The topological polar surface area (TPSA) is 216 Å². The van der Waals surface area contributed by atoms with Crippen molar-refractivity contribution in [2.75, 3.05) is 33.4 Å². The van der Waals surface area contributed by atoms with Gasteiger partial charge in [-0.25, -0.2) is 14.4 Å². The van der Waals surface area contributed by atoms with Gasteiger partial charge in [0.1, 0.15) is 41.4 Å². The first-order valence-corrected chi connectivity index (χ1v) is 26.3. The van der Waals surface area contributed by atoms with Crippen LogP contribution in [0, 0.1) is 18.8 Å². The number of nitrogens with zero attached hydrogens (tertiary/aromatic N) is 1. The number of hydrogen-bond acceptors (Lipinski definition) is 11. The smallest absolute Gasteiger partial charge is 0.407 e. The van der Waals surface area contributed by atoms with Gasteiger partial charge < -0.3 is 44.9 Å². The summed E-state index contributed by atoms with van der Waals surface area (Å²) in [5, 5.41) is 18.3. The van der Waals surface area contributed by atoms with Crippen molar-refractivity contribution in [1.82, 2.24) is 20.9 Å². The van der Waals surface area contributed by atoms with Crippen LogP contribution in [0.2, 0.25) is 0 Å². The SMILES string of the molecule is CCCCCCCCc1ccc(C(=O)C[C@@H](CCNC(=O)OC(C)(C)C)C(=O)N(C)[C@@H]2C(=O)C[C@@H](C)C(=O)N[C@H](C(=O)O)Cc3ccc(OCCNC(=O)OC(C)(C)C)c(c3)-c3cc2ccc3OCCC)c(C)c1. The number of carboxylic acids is 1. The van der Waals surface area contributed by atoms with Crippen molar-refractivity contribution in [2.45, 2.75) is 170 Å². The zero-order valence-electron chi connectivity index (χ0n) is 45.7. The number of alkyl carbamates (subject to hydrolysis) is 2. The number of rotatable bonds is 23. The number of nitrogens with one attached hydrogen (secondary N) is 3. The Morgan fingerprint density at radius 1 is 0.757 bits per heavy atom. The highest BCUT2D eigenvalue weighted by Gasteiger charge is 2.37. The van der Waals surface area contributed by atoms with Crippen LogP contribution in [0.3, 0.4) is 0 Å². The number of ketones is 2. The minimum atomic E-state index is -1.37. The second-order valence-electron chi connectivity index (χ2n) is 21.4. The van der Waals surface area contributed by atoms with E-state index in [0.717, 1.165) is 30.4 Å². The Morgan fingerprint density at radius 2 is 1.36 bits per heavy atom. The van der Waals surface area contributed by atoms with E-state index in [-0.39, 0.29) is 51.2 Å². The number of hydrogen-bond donors (Lipinski definition) is 4. The fourth-order valence-corrected chi connectivity index (χ4v) is 8.84. The lowest BCUT2D eigenvalue weighted by atomic mass is 9.88. The maximum Gasteiger partial charge on any atom is 0.407 e. The molecule has 74 heavy (non-hydrogen) atoms. The normalized spacial score (nSPS) is 16.4. The molecule has 0 spiro atoms. The Balaban J connectivity index is 1.81. The van der Waals surface area contributed by atoms with Crippen molar-refractivity contribution in [2.24, 2.45) is 11.8 Å². The number of aryl methyl sites for hydroxylation is 2. The number of amides is 4. The molecule has 1 heterocycles. The molecule has 4 rings (SSSR count). The van der Waals surface area contributed by atoms with E-state index in [1.807, 2.05) is 32.0 Å². The maximum atomic E-state index is 15.2. The third-order valence-electron chi connectivity index (χ3n) is 12.5. The average Bonchev–Trinajstić information content (AvgIpc) is 3.31. The first kappa shape index (κ1) is 60.1. The molecular formula is C58H82N4O12. The molecule has 0 radical (unpaired) electrons. The highest BCUT2D eigenvalue weighted by molar-refractivity contribution is 6.01. The van der Waals surface area contributed by atoms with E-state index < -0.39 is 70.9 Å². The number of likely N-dealkylation sites (N-methyl/N-ethyl adjacent to an activating group) is 1. The van der Waals surface area contributed by atoms with Crippen LogP contribution in [0.5, 0.6) is 11.5 Å². The monoisotopic (exact) mass is 1030 g/mol. The third-order valence-corrected chi connectivity index (χ3v) is 12.5. The van der Waals surface area contributed by atoms with Crippen molar-refractivity contribution < 1.29 is 57.6 Å². The van der Waals surface area contributed by atoms with Crippen molar-refractivity contribution in [3.05, 3.63) is 82.4 Å². The fourth-order valence-electron chi connectivity index (χ4n) is 8.84. The Hall–Kier alpha value is -6.45. The molecule has 406 valence electrons. The Labute approximate surface area is 438 Å². The van der Waals surface area contributed by atoms with Gasteiger partial charge in [0.15, 0.2) is 11.6 Å². The molecule has 0 aliphatic carbocycles. The van der Waals surface area contributed by atoms with Gasteiger partial charge in [-0.3, -0.25) is 19.2 Å². The largest absolute Gasteiger partial charge is 0.493 e.